The van der Waals surface area contributed by atoms with Gasteiger partial charge >= 0.3 is 0 Å². The fraction of sp³-hybridized carbons (Fsp3) is 0.533. The second-order valence-electron chi connectivity index (χ2n) is 6.13. The smallest absolute Gasteiger partial charge is 0.128 e. The van der Waals surface area contributed by atoms with E-state index in [1.54, 1.807) is 0 Å². The van der Waals surface area contributed by atoms with E-state index in [4.69, 9.17) is 11.6 Å². The lowest BCUT2D eigenvalue weighted by atomic mass is 9.87. The van der Waals surface area contributed by atoms with Crippen molar-refractivity contribution in [3.63, 3.8) is 0 Å². The second kappa shape index (κ2) is 4.48. The van der Waals surface area contributed by atoms with Gasteiger partial charge in [-0.2, -0.15) is 5.26 Å². The standard InChI is InChI=1S/C15H19ClN2/c1-11-8-14(2,3)9-15(11,10-17)18-13-7-5-4-6-12(13)16/h4-7,11,18H,8-9H2,1-3H3. The summed E-state index contributed by atoms with van der Waals surface area (Å²) in [6.07, 6.45) is 1.90. The number of para-hydroxylation sites is 1. The van der Waals surface area contributed by atoms with Crippen molar-refractivity contribution in [3.05, 3.63) is 29.3 Å². The summed E-state index contributed by atoms with van der Waals surface area (Å²) in [6, 6.07) is 10.1. The Hall–Kier alpha value is -1.20. The minimum Gasteiger partial charge on any atom is -0.366 e. The highest BCUT2D eigenvalue weighted by Gasteiger charge is 2.49. The van der Waals surface area contributed by atoms with Gasteiger partial charge < -0.3 is 5.32 Å². The van der Waals surface area contributed by atoms with E-state index in [1.165, 1.54) is 0 Å². The lowest BCUT2D eigenvalue weighted by Gasteiger charge is -2.29. The van der Waals surface area contributed by atoms with Crippen LogP contribution < -0.4 is 5.32 Å². The van der Waals surface area contributed by atoms with Crippen LogP contribution >= 0.6 is 11.6 Å². The molecule has 3 heteroatoms. The normalized spacial score (nSPS) is 29.8. The first-order valence-electron chi connectivity index (χ1n) is 6.32. The van der Waals surface area contributed by atoms with Crippen molar-refractivity contribution in [3.8, 4) is 6.07 Å². The molecule has 96 valence electrons. The van der Waals surface area contributed by atoms with Crippen LogP contribution in [0.15, 0.2) is 24.3 Å². The maximum atomic E-state index is 9.62. The summed E-state index contributed by atoms with van der Waals surface area (Å²) in [5, 5.41) is 13.7. The second-order valence-corrected chi connectivity index (χ2v) is 6.54. The van der Waals surface area contributed by atoms with Crippen molar-refractivity contribution in [2.75, 3.05) is 5.32 Å². The van der Waals surface area contributed by atoms with E-state index < -0.39 is 5.54 Å². The summed E-state index contributed by atoms with van der Waals surface area (Å²) < 4.78 is 0. The molecule has 1 aliphatic carbocycles. The quantitative estimate of drug-likeness (QED) is 0.854. The van der Waals surface area contributed by atoms with Crippen LogP contribution in [-0.4, -0.2) is 5.54 Å². The van der Waals surface area contributed by atoms with Gasteiger partial charge in [0, 0.05) is 0 Å². The number of rotatable bonds is 2. The van der Waals surface area contributed by atoms with E-state index in [9.17, 15) is 5.26 Å². The van der Waals surface area contributed by atoms with Crippen molar-refractivity contribution >= 4 is 17.3 Å². The van der Waals surface area contributed by atoms with Gasteiger partial charge in [0.15, 0.2) is 0 Å². The van der Waals surface area contributed by atoms with Gasteiger partial charge in [0.25, 0.3) is 0 Å². The van der Waals surface area contributed by atoms with Gasteiger partial charge in [0.05, 0.1) is 16.8 Å². The number of hydrogen-bond donors (Lipinski definition) is 1. The molecule has 2 nitrogen and oxygen atoms in total. The molecule has 0 saturated heterocycles. The molecule has 1 aliphatic rings. The first-order valence-corrected chi connectivity index (χ1v) is 6.70. The summed E-state index contributed by atoms with van der Waals surface area (Å²) in [7, 11) is 0. The van der Waals surface area contributed by atoms with E-state index >= 15 is 0 Å². The Morgan fingerprint density at radius 3 is 2.56 bits per heavy atom. The Morgan fingerprint density at radius 2 is 2.06 bits per heavy atom. The number of halogens is 1. The molecule has 0 amide bonds. The van der Waals surface area contributed by atoms with Gasteiger partial charge in [0.1, 0.15) is 5.54 Å². The maximum absolute atomic E-state index is 9.62. The van der Waals surface area contributed by atoms with Gasteiger partial charge in [-0.3, -0.25) is 0 Å². The third-order valence-electron chi connectivity index (χ3n) is 3.89. The largest absolute Gasteiger partial charge is 0.366 e. The fourth-order valence-electron chi connectivity index (χ4n) is 3.15. The molecule has 1 N–H and O–H groups in total. The molecule has 2 atom stereocenters. The molecular formula is C15H19ClN2. The molecule has 2 rings (SSSR count). The average molecular weight is 263 g/mol. The Bertz CT molecular complexity index is 490. The lowest BCUT2D eigenvalue weighted by molar-refractivity contribution is 0.363. The number of benzene rings is 1. The van der Waals surface area contributed by atoms with E-state index in [0.29, 0.717) is 10.9 Å². The van der Waals surface area contributed by atoms with Crippen LogP contribution in [-0.2, 0) is 0 Å². The van der Waals surface area contributed by atoms with Crippen LogP contribution in [0.1, 0.15) is 33.6 Å². The van der Waals surface area contributed by atoms with E-state index in [1.807, 2.05) is 24.3 Å². The van der Waals surface area contributed by atoms with Crippen molar-refractivity contribution < 1.29 is 0 Å². The summed E-state index contributed by atoms with van der Waals surface area (Å²) in [6.45, 7) is 6.58. The highest BCUT2D eigenvalue weighted by Crippen LogP contribution is 2.49. The summed E-state index contributed by atoms with van der Waals surface area (Å²) in [5.74, 6) is 0.314. The Balaban J connectivity index is 2.31. The van der Waals surface area contributed by atoms with E-state index in [0.717, 1.165) is 18.5 Å². The highest BCUT2D eigenvalue weighted by molar-refractivity contribution is 6.33. The van der Waals surface area contributed by atoms with Crippen LogP contribution in [0, 0.1) is 22.7 Å². The first-order chi connectivity index (χ1) is 8.38. The predicted molar refractivity (Wildman–Crippen MR) is 75.6 cm³/mol. The molecular weight excluding hydrogens is 244 g/mol. The summed E-state index contributed by atoms with van der Waals surface area (Å²) in [4.78, 5) is 0. The van der Waals surface area contributed by atoms with Crippen molar-refractivity contribution in [1.29, 1.82) is 5.26 Å². The number of nitrogens with one attached hydrogen (secondary N) is 1. The fourth-order valence-corrected chi connectivity index (χ4v) is 3.34. The third kappa shape index (κ3) is 2.33. The van der Waals surface area contributed by atoms with Crippen LogP contribution in [0.25, 0.3) is 0 Å². The van der Waals surface area contributed by atoms with Crippen LogP contribution in [0.3, 0.4) is 0 Å². The topological polar surface area (TPSA) is 35.8 Å². The minimum absolute atomic E-state index is 0.198. The summed E-state index contributed by atoms with van der Waals surface area (Å²) in [5.41, 5.74) is 0.544. The van der Waals surface area contributed by atoms with Gasteiger partial charge in [-0.1, -0.05) is 44.5 Å². The molecule has 1 saturated carbocycles. The maximum Gasteiger partial charge on any atom is 0.128 e. The SMILES string of the molecule is CC1CC(C)(C)CC1(C#N)Nc1ccccc1Cl. The molecule has 0 aromatic heterocycles. The molecule has 0 spiro atoms. The van der Waals surface area contributed by atoms with Crippen LogP contribution in [0.4, 0.5) is 5.69 Å². The zero-order valence-electron chi connectivity index (χ0n) is 11.1. The molecule has 0 bridgehead atoms. The zero-order chi connectivity index (χ0) is 13.4. The Labute approximate surface area is 114 Å². The molecule has 1 fully saturated rings. The molecule has 1 aromatic rings. The Morgan fingerprint density at radius 1 is 1.39 bits per heavy atom. The monoisotopic (exact) mass is 262 g/mol. The van der Waals surface area contributed by atoms with E-state index in [2.05, 4.69) is 32.2 Å². The van der Waals surface area contributed by atoms with Crippen molar-refractivity contribution in [1.82, 2.24) is 0 Å². The van der Waals surface area contributed by atoms with Gasteiger partial charge in [-0.15, -0.1) is 0 Å². The van der Waals surface area contributed by atoms with Crippen molar-refractivity contribution in [2.24, 2.45) is 11.3 Å². The number of anilines is 1. The highest BCUT2D eigenvalue weighted by atomic mass is 35.5. The Kier molecular flexibility index (Phi) is 3.29. The van der Waals surface area contributed by atoms with E-state index in [-0.39, 0.29) is 5.41 Å². The minimum atomic E-state index is -0.505. The number of nitrogens with zero attached hydrogens (tertiary/aromatic N) is 1. The molecule has 0 radical (unpaired) electrons. The number of nitriles is 1. The summed E-state index contributed by atoms with van der Waals surface area (Å²) >= 11 is 6.17. The predicted octanol–water partition coefficient (Wildman–Crippen LogP) is 4.47. The molecule has 0 heterocycles. The molecule has 2 unspecified atom stereocenters. The lowest BCUT2D eigenvalue weighted by Crippen LogP contribution is -2.39. The van der Waals surface area contributed by atoms with Crippen LogP contribution in [0.2, 0.25) is 5.02 Å². The van der Waals surface area contributed by atoms with Gasteiger partial charge in [-0.25, -0.2) is 0 Å². The zero-order valence-corrected chi connectivity index (χ0v) is 11.9. The molecule has 1 aromatic carbocycles. The first kappa shape index (κ1) is 13.2. The molecule has 18 heavy (non-hydrogen) atoms. The average Bonchev–Trinajstić information content (AvgIpc) is 2.52. The van der Waals surface area contributed by atoms with Gasteiger partial charge in [-0.05, 0) is 36.3 Å². The van der Waals surface area contributed by atoms with Gasteiger partial charge in [0.2, 0.25) is 0 Å². The van der Waals surface area contributed by atoms with Crippen molar-refractivity contribution in [2.45, 2.75) is 39.2 Å². The number of hydrogen-bond acceptors (Lipinski definition) is 2. The molecule has 0 aliphatic heterocycles. The van der Waals surface area contributed by atoms with Crippen LogP contribution in [0.5, 0.6) is 0 Å². The third-order valence-corrected chi connectivity index (χ3v) is 4.22.